The third-order valence-electron chi connectivity index (χ3n) is 3.33. The van der Waals surface area contributed by atoms with Gasteiger partial charge in [0.1, 0.15) is 11.8 Å². The van der Waals surface area contributed by atoms with Crippen LogP contribution in [0.3, 0.4) is 0 Å². The summed E-state index contributed by atoms with van der Waals surface area (Å²) in [5.41, 5.74) is 0.771. The van der Waals surface area contributed by atoms with Crippen molar-refractivity contribution in [2.24, 2.45) is 0 Å². The van der Waals surface area contributed by atoms with Crippen LogP contribution in [0.25, 0.3) is 6.08 Å². The van der Waals surface area contributed by atoms with E-state index in [2.05, 4.69) is 0 Å². The number of nitrogens with zero attached hydrogens (tertiary/aromatic N) is 1. The number of benzene rings is 1. The minimum absolute atomic E-state index is 0.196. The van der Waals surface area contributed by atoms with E-state index in [0.717, 1.165) is 28.0 Å². The average Bonchev–Trinajstić information content (AvgIpc) is 2.83. The number of carbonyl (C=O) groups excluding carboxylic acids is 3. The molecule has 0 bridgehead atoms. The molecule has 6 nitrogen and oxygen atoms in total. The number of rotatable bonds is 6. The number of thioether (sulfide) groups is 1. The summed E-state index contributed by atoms with van der Waals surface area (Å²) in [6.45, 7) is 5.82. The highest BCUT2D eigenvalue weighted by Gasteiger charge is 2.41. The molecule has 2 amide bonds. The van der Waals surface area contributed by atoms with Crippen molar-refractivity contribution in [3.05, 3.63) is 34.7 Å². The van der Waals surface area contributed by atoms with E-state index in [0.29, 0.717) is 6.61 Å². The maximum absolute atomic E-state index is 12.4. The quantitative estimate of drug-likeness (QED) is 0.580. The van der Waals surface area contributed by atoms with Gasteiger partial charge in [-0.3, -0.25) is 14.5 Å². The summed E-state index contributed by atoms with van der Waals surface area (Å²) in [7, 11) is 0. The molecular weight excluding hydrogens is 330 g/mol. The van der Waals surface area contributed by atoms with Gasteiger partial charge < -0.3 is 9.47 Å². The van der Waals surface area contributed by atoms with E-state index in [1.165, 1.54) is 6.92 Å². The topological polar surface area (TPSA) is 72.9 Å². The maximum atomic E-state index is 12.4. The molecule has 1 aliphatic rings. The molecular formula is C17H19NO5S. The molecule has 128 valence electrons. The van der Waals surface area contributed by atoms with Crippen LogP contribution >= 0.6 is 11.8 Å². The highest BCUT2D eigenvalue weighted by molar-refractivity contribution is 8.18. The Labute approximate surface area is 144 Å². The first kappa shape index (κ1) is 18.1. The van der Waals surface area contributed by atoms with Crippen LogP contribution in [0.1, 0.15) is 26.3 Å². The number of esters is 1. The zero-order valence-electron chi connectivity index (χ0n) is 13.8. The first-order valence-electron chi connectivity index (χ1n) is 7.64. The summed E-state index contributed by atoms with van der Waals surface area (Å²) in [5, 5.41) is -0.474. The number of hydrogen-bond acceptors (Lipinski definition) is 6. The summed E-state index contributed by atoms with van der Waals surface area (Å²) >= 11 is 0.814. The third kappa shape index (κ3) is 3.97. The zero-order valence-corrected chi connectivity index (χ0v) is 14.6. The number of amides is 2. The lowest BCUT2D eigenvalue weighted by Crippen LogP contribution is -2.42. The van der Waals surface area contributed by atoms with Gasteiger partial charge in [-0.25, -0.2) is 4.79 Å². The van der Waals surface area contributed by atoms with Crippen molar-refractivity contribution >= 4 is 35.0 Å². The Morgan fingerprint density at radius 1 is 1.21 bits per heavy atom. The molecule has 0 saturated carbocycles. The van der Waals surface area contributed by atoms with Crippen LogP contribution in [0.15, 0.2) is 29.2 Å². The molecule has 7 heteroatoms. The van der Waals surface area contributed by atoms with Crippen LogP contribution < -0.4 is 4.74 Å². The number of ether oxygens (including phenoxy) is 2. The van der Waals surface area contributed by atoms with E-state index in [1.54, 1.807) is 37.3 Å². The van der Waals surface area contributed by atoms with Crippen LogP contribution in [0, 0.1) is 0 Å². The van der Waals surface area contributed by atoms with Gasteiger partial charge in [0, 0.05) is 0 Å². The molecule has 0 aromatic heterocycles. The lowest BCUT2D eigenvalue weighted by Gasteiger charge is -2.19. The minimum atomic E-state index is -0.941. The van der Waals surface area contributed by atoms with Crippen LogP contribution in [0.5, 0.6) is 5.75 Å². The molecule has 1 atom stereocenters. The van der Waals surface area contributed by atoms with Crippen molar-refractivity contribution in [2.45, 2.75) is 26.8 Å². The molecule has 24 heavy (non-hydrogen) atoms. The summed E-state index contributed by atoms with van der Waals surface area (Å²) in [4.78, 5) is 37.5. The molecule has 0 radical (unpaired) electrons. The van der Waals surface area contributed by atoms with Crippen molar-refractivity contribution in [3.63, 3.8) is 0 Å². The zero-order chi connectivity index (χ0) is 17.7. The highest BCUT2D eigenvalue weighted by Crippen LogP contribution is 2.34. The number of imide groups is 1. The Morgan fingerprint density at radius 3 is 2.46 bits per heavy atom. The van der Waals surface area contributed by atoms with Crippen molar-refractivity contribution in [2.75, 3.05) is 13.2 Å². The smallest absolute Gasteiger partial charge is 0.329 e. The van der Waals surface area contributed by atoms with E-state index in [4.69, 9.17) is 9.47 Å². The van der Waals surface area contributed by atoms with E-state index in [1.807, 2.05) is 6.92 Å². The van der Waals surface area contributed by atoms with Crippen LogP contribution in [-0.4, -0.2) is 41.3 Å². The second-order valence-electron chi connectivity index (χ2n) is 4.98. The predicted octanol–water partition coefficient (Wildman–Crippen LogP) is 3.07. The van der Waals surface area contributed by atoms with Crippen molar-refractivity contribution < 1.29 is 23.9 Å². The fourth-order valence-electron chi connectivity index (χ4n) is 2.16. The van der Waals surface area contributed by atoms with Gasteiger partial charge in [-0.1, -0.05) is 12.1 Å². The van der Waals surface area contributed by atoms with Gasteiger partial charge in [-0.2, -0.15) is 0 Å². The van der Waals surface area contributed by atoms with Crippen molar-refractivity contribution in [3.8, 4) is 5.75 Å². The van der Waals surface area contributed by atoms with Gasteiger partial charge in [-0.15, -0.1) is 0 Å². The molecule has 0 aliphatic carbocycles. The molecule has 1 aliphatic heterocycles. The lowest BCUT2D eigenvalue weighted by molar-refractivity contribution is -0.150. The average molecular weight is 349 g/mol. The monoisotopic (exact) mass is 349 g/mol. The molecule has 1 saturated heterocycles. The Hall–Kier alpha value is -2.28. The maximum Gasteiger partial charge on any atom is 0.329 e. The van der Waals surface area contributed by atoms with Gasteiger partial charge in [-0.05, 0) is 56.3 Å². The fraction of sp³-hybridized carbons (Fsp3) is 0.353. The van der Waals surface area contributed by atoms with E-state index in [9.17, 15) is 14.4 Å². The van der Waals surface area contributed by atoms with E-state index < -0.39 is 23.2 Å². The third-order valence-corrected chi connectivity index (χ3v) is 4.21. The second-order valence-corrected chi connectivity index (χ2v) is 5.97. The summed E-state index contributed by atoms with van der Waals surface area (Å²) in [5.74, 6) is -0.347. The molecule has 1 heterocycles. The van der Waals surface area contributed by atoms with Gasteiger partial charge >= 0.3 is 5.97 Å². The Bertz CT molecular complexity index is 668. The Balaban J connectivity index is 2.16. The van der Waals surface area contributed by atoms with E-state index >= 15 is 0 Å². The second kappa shape index (κ2) is 8.01. The first-order valence-corrected chi connectivity index (χ1v) is 8.46. The Kier molecular flexibility index (Phi) is 6.03. The molecule has 0 unspecified atom stereocenters. The van der Waals surface area contributed by atoms with Crippen LogP contribution in [0.4, 0.5) is 4.79 Å². The SMILES string of the molecule is CCOC(=O)[C@H](C)N1C(=O)S/C(=C/c2ccc(OCC)cc2)C1=O. The molecule has 1 aromatic rings. The number of carbonyl (C=O) groups is 3. The molecule has 0 N–H and O–H groups in total. The summed E-state index contributed by atoms with van der Waals surface area (Å²) in [6.07, 6.45) is 1.62. The number of hydrogen-bond donors (Lipinski definition) is 0. The van der Waals surface area contributed by atoms with Crippen LogP contribution in [-0.2, 0) is 14.3 Å². The molecule has 2 rings (SSSR count). The lowest BCUT2D eigenvalue weighted by atomic mass is 10.2. The standard InChI is InChI=1S/C17H19NO5S/c1-4-22-13-8-6-12(7-9-13)10-14-15(19)18(17(21)24-14)11(3)16(20)23-5-2/h6-11H,4-5H2,1-3H3/b14-10+/t11-/m0/s1. The van der Waals surface area contributed by atoms with Crippen molar-refractivity contribution in [1.82, 2.24) is 4.90 Å². The van der Waals surface area contributed by atoms with Gasteiger partial charge in [0.05, 0.1) is 18.1 Å². The van der Waals surface area contributed by atoms with Crippen molar-refractivity contribution in [1.29, 1.82) is 0 Å². The molecule has 1 aromatic carbocycles. The first-order chi connectivity index (χ1) is 11.5. The highest BCUT2D eigenvalue weighted by atomic mass is 32.2. The summed E-state index contributed by atoms with van der Waals surface area (Å²) in [6, 6.07) is 6.24. The minimum Gasteiger partial charge on any atom is -0.494 e. The molecule has 0 spiro atoms. The van der Waals surface area contributed by atoms with E-state index in [-0.39, 0.29) is 11.5 Å². The molecule has 1 fully saturated rings. The van der Waals surface area contributed by atoms with Gasteiger partial charge in [0.2, 0.25) is 0 Å². The normalized spacial score (nSPS) is 17.3. The van der Waals surface area contributed by atoms with Crippen LogP contribution in [0.2, 0.25) is 0 Å². The van der Waals surface area contributed by atoms with Gasteiger partial charge in [0.25, 0.3) is 11.1 Å². The largest absolute Gasteiger partial charge is 0.494 e. The predicted molar refractivity (Wildman–Crippen MR) is 91.5 cm³/mol. The summed E-state index contributed by atoms with van der Waals surface area (Å²) < 4.78 is 10.2. The fourth-order valence-corrected chi connectivity index (χ4v) is 3.07. The Morgan fingerprint density at radius 2 is 1.88 bits per heavy atom. The van der Waals surface area contributed by atoms with Gasteiger partial charge in [0.15, 0.2) is 0 Å².